The quantitative estimate of drug-likeness (QED) is 0.774. The van der Waals surface area contributed by atoms with Crippen LogP contribution in [0.15, 0.2) is 12.1 Å². The molecule has 0 amide bonds. The molecule has 0 spiro atoms. The fourth-order valence-electron chi connectivity index (χ4n) is 2.81. The van der Waals surface area contributed by atoms with Crippen molar-refractivity contribution in [3.8, 4) is 0 Å². The van der Waals surface area contributed by atoms with Crippen molar-refractivity contribution in [2.45, 2.75) is 52.7 Å². The Labute approximate surface area is 123 Å². The van der Waals surface area contributed by atoms with E-state index in [2.05, 4.69) is 72.7 Å². The average molecular weight is 275 g/mol. The molecule has 110 valence electrons. The maximum absolute atomic E-state index is 6.12. The lowest BCUT2D eigenvalue weighted by Gasteiger charge is -2.32. The SMILES string of the molecule is Cc1cc(B2OC(C)(C)C(C)(C)O2)cc(C)c1N(C)C. The van der Waals surface area contributed by atoms with Crippen molar-refractivity contribution >= 4 is 18.3 Å². The molecule has 1 fully saturated rings. The van der Waals surface area contributed by atoms with Gasteiger partial charge in [-0.25, -0.2) is 0 Å². The normalized spacial score (nSPS) is 20.3. The van der Waals surface area contributed by atoms with Crippen molar-refractivity contribution in [3.05, 3.63) is 23.3 Å². The Hall–Kier alpha value is -0.995. The van der Waals surface area contributed by atoms with Gasteiger partial charge in [-0.1, -0.05) is 12.1 Å². The van der Waals surface area contributed by atoms with E-state index in [4.69, 9.17) is 9.31 Å². The summed E-state index contributed by atoms with van der Waals surface area (Å²) in [5.41, 5.74) is 4.29. The van der Waals surface area contributed by atoms with E-state index in [1.165, 1.54) is 16.8 Å². The van der Waals surface area contributed by atoms with E-state index in [1.54, 1.807) is 0 Å². The number of benzene rings is 1. The Bertz CT molecular complexity index is 484. The number of hydrogen-bond acceptors (Lipinski definition) is 3. The van der Waals surface area contributed by atoms with Crippen LogP contribution in [0.2, 0.25) is 0 Å². The molecule has 1 aliphatic rings. The van der Waals surface area contributed by atoms with Crippen molar-refractivity contribution in [1.82, 2.24) is 0 Å². The molecule has 1 aliphatic heterocycles. The third-order valence-corrected chi connectivity index (χ3v) is 4.49. The molecule has 2 rings (SSSR count). The third kappa shape index (κ3) is 2.47. The lowest BCUT2D eigenvalue weighted by Crippen LogP contribution is -2.41. The summed E-state index contributed by atoms with van der Waals surface area (Å²) in [7, 11) is 3.86. The van der Waals surface area contributed by atoms with Gasteiger partial charge in [0.25, 0.3) is 0 Å². The van der Waals surface area contributed by atoms with Crippen LogP contribution in [-0.4, -0.2) is 32.4 Å². The minimum absolute atomic E-state index is 0.284. The van der Waals surface area contributed by atoms with Gasteiger partial charge < -0.3 is 14.2 Å². The number of hydrogen-bond donors (Lipinski definition) is 0. The van der Waals surface area contributed by atoms with Crippen LogP contribution in [0.25, 0.3) is 0 Å². The molecule has 4 heteroatoms. The molecule has 0 radical (unpaired) electrons. The highest BCUT2D eigenvalue weighted by molar-refractivity contribution is 6.62. The predicted molar refractivity (Wildman–Crippen MR) is 86.0 cm³/mol. The highest BCUT2D eigenvalue weighted by Crippen LogP contribution is 2.36. The molecule has 0 bridgehead atoms. The zero-order chi connectivity index (χ0) is 15.3. The van der Waals surface area contributed by atoms with Crippen LogP contribution in [0.5, 0.6) is 0 Å². The first-order valence-corrected chi connectivity index (χ1v) is 7.19. The first-order chi connectivity index (χ1) is 9.05. The maximum atomic E-state index is 6.12. The molecule has 0 saturated carbocycles. The van der Waals surface area contributed by atoms with Crippen molar-refractivity contribution in [2.75, 3.05) is 19.0 Å². The number of aryl methyl sites for hydroxylation is 2. The highest BCUT2D eigenvalue weighted by Gasteiger charge is 2.51. The van der Waals surface area contributed by atoms with E-state index in [1.807, 2.05) is 0 Å². The Kier molecular flexibility index (Phi) is 3.68. The van der Waals surface area contributed by atoms with Crippen LogP contribution in [0.4, 0.5) is 5.69 Å². The van der Waals surface area contributed by atoms with Gasteiger partial charge >= 0.3 is 7.12 Å². The molecule has 1 heterocycles. The second-order valence-electron chi connectivity index (χ2n) is 6.99. The summed E-state index contributed by atoms with van der Waals surface area (Å²) in [6.07, 6.45) is 0. The summed E-state index contributed by atoms with van der Waals surface area (Å²) in [4.78, 5) is 2.15. The maximum Gasteiger partial charge on any atom is 0.494 e. The summed E-state index contributed by atoms with van der Waals surface area (Å²) >= 11 is 0. The fourth-order valence-corrected chi connectivity index (χ4v) is 2.81. The molecule has 1 aromatic carbocycles. The van der Waals surface area contributed by atoms with Crippen LogP contribution in [-0.2, 0) is 9.31 Å². The second-order valence-corrected chi connectivity index (χ2v) is 6.99. The highest BCUT2D eigenvalue weighted by atomic mass is 16.7. The van der Waals surface area contributed by atoms with Crippen molar-refractivity contribution in [2.24, 2.45) is 0 Å². The van der Waals surface area contributed by atoms with Crippen LogP contribution >= 0.6 is 0 Å². The summed E-state index contributed by atoms with van der Waals surface area (Å²) in [5.74, 6) is 0. The Morgan fingerprint density at radius 3 is 1.65 bits per heavy atom. The van der Waals surface area contributed by atoms with Gasteiger partial charge in [-0.3, -0.25) is 0 Å². The molecular formula is C16H26BNO2. The topological polar surface area (TPSA) is 21.7 Å². The minimum Gasteiger partial charge on any atom is -0.399 e. The summed E-state index contributed by atoms with van der Waals surface area (Å²) in [5, 5.41) is 0. The molecule has 1 saturated heterocycles. The van der Waals surface area contributed by atoms with Gasteiger partial charge in [-0.15, -0.1) is 0 Å². The van der Waals surface area contributed by atoms with Crippen LogP contribution in [0.3, 0.4) is 0 Å². The van der Waals surface area contributed by atoms with E-state index >= 15 is 0 Å². The van der Waals surface area contributed by atoms with Gasteiger partial charge in [0.1, 0.15) is 0 Å². The first-order valence-electron chi connectivity index (χ1n) is 7.19. The van der Waals surface area contributed by atoms with E-state index in [-0.39, 0.29) is 18.3 Å². The molecule has 3 nitrogen and oxygen atoms in total. The summed E-state index contributed by atoms with van der Waals surface area (Å²) < 4.78 is 12.2. The van der Waals surface area contributed by atoms with Crippen LogP contribution in [0, 0.1) is 13.8 Å². The molecule has 0 N–H and O–H groups in total. The molecule has 0 aromatic heterocycles. The van der Waals surface area contributed by atoms with Crippen LogP contribution in [0.1, 0.15) is 38.8 Å². The fraction of sp³-hybridized carbons (Fsp3) is 0.625. The van der Waals surface area contributed by atoms with E-state index in [0.717, 1.165) is 5.46 Å². The largest absolute Gasteiger partial charge is 0.494 e. The molecular weight excluding hydrogens is 249 g/mol. The van der Waals surface area contributed by atoms with Crippen LogP contribution < -0.4 is 10.4 Å². The molecule has 20 heavy (non-hydrogen) atoms. The molecule has 0 aliphatic carbocycles. The first kappa shape index (κ1) is 15.4. The standard InChI is InChI=1S/C16H26BNO2/c1-11-9-13(10-12(2)14(11)18(7)8)17-19-15(3,4)16(5,6)20-17/h9-10H,1-8H3. The number of rotatable bonds is 2. The van der Waals surface area contributed by atoms with Gasteiger partial charge in [-0.2, -0.15) is 0 Å². The lowest BCUT2D eigenvalue weighted by atomic mass is 9.77. The molecule has 0 atom stereocenters. The van der Waals surface area contributed by atoms with Crippen molar-refractivity contribution in [1.29, 1.82) is 0 Å². The zero-order valence-electron chi connectivity index (χ0n) is 14.0. The molecule has 1 aromatic rings. The van der Waals surface area contributed by atoms with Gasteiger partial charge in [-0.05, 0) is 58.1 Å². The average Bonchev–Trinajstić information content (AvgIpc) is 2.46. The minimum atomic E-state index is -0.292. The van der Waals surface area contributed by atoms with E-state index < -0.39 is 0 Å². The predicted octanol–water partition coefficient (Wildman–Crippen LogP) is 2.67. The lowest BCUT2D eigenvalue weighted by molar-refractivity contribution is 0.00578. The van der Waals surface area contributed by atoms with Crippen molar-refractivity contribution in [3.63, 3.8) is 0 Å². The Morgan fingerprint density at radius 2 is 1.30 bits per heavy atom. The van der Waals surface area contributed by atoms with E-state index in [9.17, 15) is 0 Å². The Morgan fingerprint density at radius 1 is 0.900 bits per heavy atom. The van der Waals surface area contributed by atoms with Gasteiger partial charge in [0.2, 0.25) is 0 Å². The summed E-state index contributed by atoms with van der Waals surface area (Å²) in [6, 6.07) is 4.34. The Balaban J connectivity index is 2.37. The van der Waals surface area contributed by atoms with Gasteiger partial charge in [0.15, 0.2) is 0 Å². The number of anilines is 1. The van der Waals surface area contributed by atoms with E-state index in [0.29, 0.717) is 0 Å². The zero-order valence-corrected chi connectivity index (χ0v) is 14.0. The monoisotopic (exact) mass is 275 g/mol. The third-order valence-electron chi connectivity index (χ3n) is 4.49. The van der Waals surface area contributed by atoms with Crippen molar-refractivity contribution < 1.29 is 9.31 Å². The van der Waals surface area contributed by atoms with Gasteiger partial charge in [0, 0.05) is 19.8 Å². The molecule has 0 unspecified atom stereocenters. The smallest absolute Gasteiger partial charge is 0.399 e. The number of nitrogens with zero attached hydrogens (tertiary/aromatic N) is 1. The second kappa shape index (κ2) is 4.78. The summed E-state index contributed by atoms with van der Waals surface area (Å²) in [6.45, 7) is 12.6. The van der Waals surface area contributed by atoms with Gasteiger partial charge in [0.05, 0.1) is 11.2 Å².